The van der Waals surface area contributed by atoms with Gasteiger partial charge in [-0.3, -0.25) is 0 Å². The first kappa shape index (κ1) is 14.1. The van der Waals surface area contributed by atoms with Gasteiger partial charge in [0.25, 0.3) is 0 Å². The van der Waals surface area contributed by atoms with E-state index in [-0.39, 0.29) is 0 Å². The van der Waals surface area contributed by atoms with Crippen LogP contribution in [0.3, 0.4) is 0 Å². The van der Waals surface area contributed by atoms with Crippen molar-refractivity contribution in [1.29, 1.82) is 0 Å². The molecule has 16 heavy (non-hydrogen) atoms. The summed E-state index contributed by atoms with van der Waals surface area (Å²) >= 11 is 17.9. The summed E-state index contributed by atoms with van der Waals surface area (Å²) in [4.78, 5) is 0. The first-order valence-corrected chi connectivity index (χ1v) is 6.49. The minimum Gasteiger partial charge on any atom is -0.377 e. The smallest absolute Gasteiger partial charge is 0.0746 e. The van der Waals surface area contributed by atoms with Gasteiger partial charge in [0.1, 0.15) is 0 Å². The third-order valence-electron chi connectivity index (χ3n) is 2.24. The summed E-state index contributed by atoms with van der Waals surface area (Å²) in [5, 5.41) is 1.67. The topological polar surface area (TPSA) is 9.23 Å². The van der Waals surface area contributed by atoms with Gasteiger partial charge in [-0.05, 0) is 18.6 Å². The van der Waals surface area contributed by atoms with Gasteiger partial charge < -0.3 is 4.74 Å². The minimum atomic E-state index is 0.443. The van der Waals surface area contributed by atoms with Gasteiger partial charge in [0.2, 0.25) is 0 Å². The van der Waals surface area contributed by atoms with Crippen molar-refractivity contribution in [3.8, 4) is 0 Å². The van der Waals surface area contributed by atoms with Gasteiger partial charge >= 0.3 is 0 Å². The lowest BCUT2D eigenvalue weighted by atomic mass is 10.2. The molecule has 0 unspecified atom stereocenters. The van der Waals surface area contributed by atoms with Gasteiger partial charge in [0.05, 0.1) is 6.61 Å². The van der Waals surface area contributed by atoms with Crippen LogP contribution in [0.25, 0.3) is 0 Å². The van der Waals surface area contributed by atoms with Crippen molar-refractivity contribution in [2.24, 2.45) is 0 Å². The van der Waals surface area contributed by atoms with Gasteiger partial charge in [-0.1, -0.05) is 54.6 Å². The average molecular weight is 282 g/mol. The van der Waals surface area contributed by atoms with Crippen molar-refractivity contribution in [3.63, 3.8) is 0 Å². The molecule has 0 aliphatic carbocycles. The first-order chi connectivity index (χ1) is 7.65. The zero-order valence-electron chi connectivity index (χ0n) is 9.23. The molecule has 0 atom stereocenters. The molecule has 0 N–H and O–H groups in total. The quantitative estimate of drug-likeness (QED) is 0.638. The van der Waals surface area contributed by atoms with Crippen LogP contribution in [0.15, 0.2) is 12.1 Å². The van der Waals surface area contributed by atoms with Crippen LogP contribution in [0.5, 0.6) is 0 Å². The summed E-state index contributed by atoms with van der Waals surface area (Å²) in [7, 11) is 0. The molecule has 90 valence electrons. The fourth-order valence-corrected chi connectivity index (χ4v) is 2.26. The van der Waals surface area contributed by atoms with Crippen LogP contribution in [-0.2, 0) is 11.3 Å². The number of halogens is 3. The third kappa shape index (κ3) is 4.50. The standard InChI is InChI=1S/C12H15Cl3O/c1-2-3-4-5-16-8-10-11(14)6-9(13)7-12(10)15/h6-7H,2-5,8H2,1H3. The van der Waals surface area contributed by atoms with E-state index in [4.69, 9.17) is 39.5 Å². The Morgan fingerprint density at radius 1 is 1.06 bits per heavy atom. The Morgan fingerprint density at radius 2 is 1.69 bits per heavy atom. The molecule has 1 aromatic carbocycles. The number of hydrogen-bond acceptors (Lipinski definition) is 1. The van der Waals surface area contributed by atoms with E-state index >= 15 is 0 Å². The lowest BCUT2D eigenvalue weighted by molar-refractivity contribution is 0.117. The van der Waals surface area contributed by atoms with E-state index in [1.165, 1.54) is 12.8 Å². The summed E-state index contributed by atoms with van der Waals surface area (Å²) in [6.45, 7) is 3.34. The van der Waals surface area contributed by atoms with Crippen molar-refractivity contribution in [2.75, 3.05) is 6.61 Å². The second kappa shape index (κ2) is 7.39. The van der Waals surface area contributed by atoms with Gasteiger partial charge in [-0.25, -0.2) is 0 Å². The Bertz CT molecular complexity index is 316. The Kier molecular flexibility index (Phi) is 6.52. The number of ether oxygens (including phenoxy) is 1. The predicted octanol–water partition coefficient (Wildman–Crippen LogP) is 5.35. The maximum Gasteiger partial charge on any atom is 0.0746 e. The van der Waals surface area contributed by atoms with Crippen molar-refractivity contribution < 1.29 is 4.74 Å². The highest BCUT2D eigenvalue weighted by Crippen LogP contribution is 2.29. The van der Waals surface area contributed by atoms with E-state index in [1.807, 2.05) is 0 Å². The first-order valence-electron chi connectivity index (χ1n) is 5.36. The zero-order valence-corrected chi connectivity index (χ0v) is 11.5. The van der Waals surface area contributed by atoms with Gasteiger partial charge in [0, 0.05) is 27.2 Å². The lowest BCUT2D eigenvalue weighted by Crippen LogP contribution is -1.97. The van der Waals surface area contributed by atoms with E-state index < -0.39 is 0 Å². The van der Waals surface area contributed by atoms with Crippen molar-refractivity contribution in [2.45, 2.75) is 32.8 Å². The number of hydrogen-bond donors (Lipinski definition) is 0. The highest BCUT2D eigenvalue weighted by Gasteiger charge is 2.07. The van der Waals surface area contributed by atoms with Crippen molar-refractivity contribution >= 4 is 34.8 Å². The van der Waals surface area contributed by atoms with E-state index in [1.54, 1.807) is 12.1 Å². The van der Waals surface area contributed by atoms with Gasteiger partial charge in [-0.15, -0.1) is 0 Å². The Labute approximate surface area is 112 Å². The summed E-state index contributed by atoms with van der Waals surface area (Å²) < 4.78 is 5.51. The molecule has 1 aromatic rings. The molecule has 0 bridgehead atoms. The van der Waals surface area contributed by atoms with Crippen LogP contribution in [-0.4, -0.2) is 6.61 Å². The predicted molar refractivity (Wildman–Crippen MR) is 70.7 cm³/mol. The van der Waals surface area contributed by atoms with E-state index in [0.29, 0.717) is 21.7 Å². The monoisotopic (exact) mass is 280 g/mol. The van der Waals surface area contributed by atoms with Crippen LogP contribution in [0.4, 0.5) is 0 Å². The SMILES string of the molecule is CCCCCOCc1c(Cl)cc(Cl)cc1Cl. The highest BCUT2D eigenvalue weighted by atomic mass is 35.5. The molecule has 0 fully saturated rings. The van der Waals surface area contributed by atoms with Crippen molar-refractivity contribution in [3.05, 3.63) is 32.8 Å². The van der Waals surface area contributed by atoms with E-state index in [0.717, 1.165) is 18.6 Å². The fraction of sp³-hybridized carbons (Fsp3) is 0.500. The minimum absolute atomic E-state index is 0.443. The number of rotatable bonds is 6. The zero-order chi connectivity index (χ0) is 12.0. The molecule has 0 amide bonds. The molecule has 0 heterocycles. The van der Waals surface area contributed by atoms with Crippen LogP contribution in [0.1, 0.15) is 31.7 Å². The molecule has 0 aromatic heterocycles. The van der Waals surface area contributed by atoms with Gasteiger partial charge in [-0.2, -0.15) is 0 Å². The molecule has 0 aliphatic rings. The lowest BCUT2D eigenvalue weighted by Gasteiger charge is -2.08. The van der Waals surface area contributed by atoms with Crippen LogP contribution < -0.4 is 0 Å². The summed E-state index contributed by atoms with van der Waals surface area (Å²) in [5.74, 6) is 0. The summed E-state index contributed by atoms with van der Waals surface area (Å²) in [5.41, 5.74) is 0.809. The molecule has 0 saturated heterocycles. The number of unbranched alkanes of at least 4 members (excludes halogenated alkanes) is 2. The molecular formula is C12H15Cl3O. The summed E-state index contributed by atoms with van der Waals surface area (Å²) in [6, 6.07) is 3.36. The van der Waals surface area contributed by atoms with Crippen LogP contribution in [0, 0.1) is 0 Å². The maximum atomic E-state index is 6.03. The van der Waals surface area contributed by atoms with Crippen LogP contribution >= 0.6 is 34.8 Å². The van der Waals surface area contributed by atoms with Crippen LogP contribution in [0.2, 0.25) is 15.1 Å². The third-order valence-corrected chi connectivity index (χ3v) is 3.14. The fourth-order valence-electron chi connectivity index (χ4n) is 1.34. The average Bonchev–Trinajstić information content (AvgIpc) is 2.20. The molecule has 1 nitrogen and oxygen atoms in total. The molecule has 0 radical (unpaired) electrons. The Balaban J connectivity index is 2.47. The number of benzene rings is 1. The molecule has 0 aliphatic heterocycles. The Morgan fingerprint density at radius 3 is 2.25 bits per heavy atom. The molecule has 0 spiro atoms. The molecule has 4 heteroatoms. The molecular weight excluding hydrogens is 266 g/mol. The maximum absolute atomic E-state index is 6.03. The normalized spacial score (nSPS) is 10.8. The second-order valence-corrected chi connectivity index (χ2v) is 4.86. The van der Waals surface area contributed by atoms with Gasteiger partial charge in [0.15, 0.2) is 0 Å². The highest BCUT2D eigenvalue weighted by molar-refractivity contribution is 6.39. The molecule has 1 rings (SSSR count). The van der Waals surface area contributed by atoms with E-state index in [9.17, 15) is 0 Å². The second-order valence-electron chi connectivity index (χ2n) is 3.61. The molecule has 0 saturated carbocycles. The van der Waals surface area contributed by atoms with E-state index in [2.05, 4.69) is 6.92 Å². The Hall–Kier alpha value is 0.0500. The van der Waals surface area contributed by atoms with Crippen molar-refractivity contribution in [1.82, 2.24) is 0 Å². The summed E-state index contributed by atoms with van der Waals surface area (Å²) in [6.07, 6.45) is 3.44. The largest absolute Gasteiger partial charge is 0.377 e.